The number of nitrogens with zero attached hydrogens (tertiary/aromatic N) is 2. The van der Waals surface area contributed by atoms with Crippen molar-refractivity contribution in [3.05, 3.63) is 41.7 Å². The molecule has 2 aromatic rings. The second-order valence-electron chi connectivity index (χ2n) is 6.64. The highest BCUT2D eigenvalue weighted by Crippen LogP contribution is 2.20. The molecular formula is C19H26N4O3. The van der Waals surface area contributed by atoms with E-state index >= 15 is 0 Å². The molecule has 7 nitrogen and oxygen atoms in total. The predicted molar refractivity (Wildman–Crippen MR) is 98.5 cm³/mol. The summed E-state index contributed by atoms with van der Waals surface area (Å²) in [4.78, 5) is 14.3. The number of hydrogen-bond acceptors (Lipinski definition) is 5. The quantitative estimate of drug-likeness (QED) is 0.792. The fraction of sp³-hybridized carbons (Fsp3) is 0.474. The molecule has 1 aromatic carbocycles. The van der Waals surface area contributed by atoms with Gasteiger partial charge < -0.3 is 19.7 Å². The van der Waals surface area contributed by atoms with Crippen molar-refractivity contribution in [3.63, 3.8) is 0 Å². The number of nitrogens with one attached hydrogen (secondary N) is 2. The lowest BCUT2D eigenvalue weighted by atomic mass is 9.99. The maximum Gasteiger partial charge on any atom is 0.274 e. The monoisotopic (exact) mass is 358 g/mol. The summed E-state index contributed by atoms with van der Waals surface area (Å²) in [6, 6.07) is 9.14. The van der Waals surface area contributed by atoms with Gasteiger partial charge in [-0.05, 0) is 50.0 Å². The van der Waals surface area contributed by atoms with Gasteiger partial charge in [-0.1, -0.05) is 6.07 Å². The van der Waals surface area contributed by atoms with Crippen LogP contribution in [0.15, 0.2) is 30.3 Å². The highest BCUT2D eigenvalue weighted by Gasteiger charge is 2.20. The zero-order valence-electron chi connectivity index (χ0n) is 15.3. The van der Waals surface area contributed by atoms with Crippen LogP contribution in [0.25, 0.3) is 0 Å². The molecule has 0 radical (unpaired) electrons. The van der Waals surface area contributed by atoms with Crippen molar-refractivity contribution < 1.29 is 14.3 Å². The second-order valence-corrected chi connectivity index (χ2v) is 6.64. The second kappa shape index (κ2) is 8.71. The lowest BCUT2D eigenvalue weighted by Crippen LogP contribution is -2.39. The van der Waals surface area contributed by atoms with Crippen LogP contribution in [0.4, 0.5) is 0 Å². The number of piperidine rings is 1. The normalized spacial score (nSPS) is 16.9. The SMILES string of the molecule is COc1cccc(OCc2cc(C(=O)N(C)C[C@@H]3CCCNC3)n[nH]2)c1. The van der Waals surface area contributed by atoms with Crippen molar-refractivity contribution in [1.29, 1.82) is 0 Å². The Kier molecular flexibility index (Phi) is 6.12. The summed E-state index contributed by atoms with van der Waals surface area (Å²) < 4.78 is 10.9. The van der Waals surface area contributed by atoms with Gasteiger partial charge in [-0.3, -0.25) is 9.89 Å². The molecule has 0 bridgehead atoms. The van der Waals surface area contributed by atoms with Gasteiger partial charge in [0, 0.05) is 19.7 Å². The number of aromatic nitrogens is 2. The van der Waals surface area contributed by atoms with Crippen molar-refractivity contribution in [3.8, 4) is 11.5 Å². The fourth-order valence-electron chi connectivity index (χ4n) is 3.14. The molecule has 0 saturated carbocycles. The lowest BCUT2D eigenvalue weighted by Gasteiger charge is -2.27. The van der Waals surface area contributed by atoms with Crippen LogP contribution in [0.2, 0.25) is 0 Å². The van der Waals surface area contributed by atoms with E-state index in [4.69, 9.17) is 9.47 Å². The number of aromatic amines is 1. The molecule has 0 spiro atoms. The third-order valence-electron chi connectivity index (χ3n) is 4.56. The van der Waals surface area contributed by atoms with Gasteiger partial charge in [0.05, 0.1) is 12.8 Å². The summed E-state index contributed by atoms with van der Waals surface area (Å²) in [7, 11) is 3.45. The molecular weight excluding hydrogens is 332 g/mol. The van der Waals surface area contributed by atoms with Crippen molar-refractivity contribution >= 4 is 5.91 Å². The number of carbonyl (C=O) groups is 1. The van der Waals surface area contributed by atoms with Gasteiger partial charge in [0.25, 0.3) is 5.91 Å². The van der Waals surface area contributed by atoms with Crippen LogP contribution >= 0.6 is 0 Å². The highest BCUT2D eigenvalue weighted by molar-refractivity contribution is 5.92. The molecule has 2 heterocycles. The third-order valence-corrected chi connectivity index (χ3v) is 4.56. The molecule has 0 aliphatic carbocycles. The zero-order chi connectivity index (χ0) is 18.4. The Labute approximate surface area is 153 Å². The maximum absolute atomic E-state index is 12.6. The first-order valence-electron chi connectivity index (χ1n) is 8.93. The van der Waals surface area contributed by atoms with Crippen LogP contribution in [0.5, 0.6) is 11.5 Å². The minimum absolute atomic E-state index is 0.0700. The van der Waals surface area contributed by atoms with E-state index in [0.29, 0.717) is 24.0 Å². The predicted octanol–water partition coefficient (Wildman–Crippen LogP) is 2.07. The summed E-state index contributed by atoms with van der Waals surface area (Å²) in [5.41, 5.74) is 1.17. The summed E-state index contributed by atoms with van der Waals surface area (Å²) in [6.45, 7) is 3.10. The Balaban J connectivity index is 1.53. The number of rotatable bonds is 7. The van der Waals surface area contributed by atoms with Gasteiger partial charge in [0.1, 0.15) is 18.1 Å². The molecule has 1 amide bonds. The number of H-pyrrole nitrogens is 1. The third kappa shape index (κ3) is 4.76. The summed E-state index contributed by atoms with van der Waals surface area (Å²) in [5.74, 6) is 1.88. The average Bonchev–Trinajstić information content (AvgIpc) is 3.15. The number of amides is 1. The molecule has 2 N–H and O–H groups in total. The van der Waals surface area contributed by atoms with Crippen molar-refractivity contribution in [2.75, 3.05) is 33.8 Å². The van der Waals surface area contributed by atoms with E-state index < -0.39 is 0 Å². The molecule has 3 rings (SSSR count). The molecule has 1 aliphatic heterocycles. The minimum Gasteiger partial charge on any atom is -0.497 e. The standard InChI is InChI=1S/C19H26N4O3/c1-23(12-14-5-4-8-20-11-14)19(24)18-9-15(21-22-18)13-26-17-7-3-6-16(10-17)25-2/h3,6-7,9-10,14,20H,4-5,8,11-13H2,1-2H3,(H,21,22)/t14-/m1/s1. The smallest absolute Gasteiger partial charge is 0.274 e. The largest absolute Gasteiger partial charge is 0.497 e. The summed E-state index contributed by atoms with van der Waals surface area (Å²) >= 11 is 0. The van der Waals surface area contributed by atoms with Crippen molar-refractivity contribution in [1.82, 2.24) is 20.4 Å². The first kappa shape index (κ1) is 18.3. The summed E-state index contributed by atoms with van der Waals surface area (Å²) in [6.07, 6.45) is 2.33. The minimum atomic E-state index is -0.0700. The van der Waals surface area contributed by atoms with Crippen LogP contribution in [0, 0.1) is 5.92 Å². The molecule has 1 saturated heterocycles. The van der Waals surface area contributed by atoms with Gasteiger partial charge in [0.2, 0.25) is 0 Å². The van der Waals surface area contributed by atoms with Gasteiger partial charge >= 0.3 is 0 Å². The Morgan fingerprint density at radius 1 is 1.35 bits per heavy atom. The lowest BCUT2D eigenvalue weighted by molar-refractivity contribution is 0.0759. The van der Waals surface area contributed by atoms with Crippen molar-refractivity contribution in [2.45, 2.75) is 19.4 Å². The molecule has 1 atom stereocenters. The van der Waals surface area contributed by atoms with E-state index in [1.807, 2.05) is 31.3 Å². The number of methoxy groups -OCH3 is 1. The first-order chi connectivity index (χ1) is 12.7. The van der Waals surface area contributed by atoms with E-state index in [2.05, 4.69) is 15.5 Å². The van der Waals surface area contributed by atoms with Gasteiger partial charge in [0.15, 0.2) is 5.69 Å². The number of ether oxygens (including phenoxy) is 2. The van der Waals surface area contributed by atoms with Crippen LogP contribution in [-0.4, -0.2) is 54.8 Å². The van der Waals surface area contributed by atoms with E-state index in [-0.39, 0.29) is 5.91 Å². The topological polar surface area (TPSA) is 79.5 Å². The Morgan fingerprint density at radius 2 is 2.19 bits per heavy atom. The Bertz CT molecular complexity index is 725. The fourth-order valence-corrected chi connectivity index (χ4v) is 3.14. The van der Waals surface area contributed by atoms with Crippen LogP contribution < -0.4 is 14.8 Å². The van der Waals surface area contributed by atoms with E-state index in [0.717, 1.165) is 37.5 Å². The zero-order valence-corrected chi connectivity index (χ0v) is 15.3. The van der Waals surface area contributed by atoms with Gasteiger partial charge in [-0.25, -0.2) is 0 Å². The number of carbonyl (C=O) groups excluding carboxylic acids is 1. The first-order valence-corrected chi connectivity index (χ1v) is 8.93. The van der Waals surface area contributed by atoms with E-state index in [1.54, 1.807) is 18.1 Å². The van der Waals surface area contributed by atoms with Gasteiger partial charge in [-0.15, -0.1) is 0 Å². The van der Waals surface area contributed by atoms with Crippen LogP contribution in [0.3, 0.4) is 0 Å². The molecule has 0 unspecified atom stereocenters. The van der Waals surface area contributed by atoms with Crippen LogP contribution in [0.1, 0.15) is 29.0 Å². The Hall–Kier alpha value is -2.54. The average molecular weight is 358 g/mol. The molecule has 7 heteroatoms. The van der Waals surface area contributed by atoms with Crippen molar-refractivity contribution in [2.24, 2.45) is 5.92 Å². The molecule has 26 heavy (non-hydrogen) atoms. The van der Waals surface area contributed by atoms with Gasteiger partial charge in [-0.2, -0.15) is 5.10 Å². The summed E-state index contributed by atoms with van der Waals surface area (Å²) in [5, 5.41) is 10.4. The molecule has 1 aliphatic rings. The highest BCUT2D eigenvalue weighted by atomic mass is 16.5. The maximum atomic E-state index is 12.6. The molecule has 1 aromatic heterocycles. The molecule has 140 valence electrons. The Morgan fingerprint density at radius 3 is 2.96 bits per heavy atom. The number of benzene rings is 1. The van der Waals surface area contributed by atoms with E-state index in [1.165, 1.54) is 6.42 Å². The van der Waals surface area contributed by atoms with Crippen LogP contribution in [-0.2, 0) is 6.61 Å². The molecule has 1 fully saturated rings. The van der Waals surface area contributed by atoms with E-state index in [9.17, 15) is 4.79 Å². The number of hydrogen-bond donors (Lipinski definition) is 2.